The van der Waals surface area contributed by atoms with E-state index in [0.29, 0.717) is 12.8 Å². The number of carbonyl (C=O) groups is 3. The molecule has 2 amide bonds. The fraction of sp³-hybridized carbons (Fsp3) is 0.292. The average molecular weight is 420 g/mol. The van der Waals surface area contributed by atoms with E-state index in [4.69, 9.17) is 9.84 Å². The topological polar surface area (TPSA) is 105 Å². The second-order valence-corrected chi connectivity index (χ2v) is 7.95. The van der Waals surface area contributed by atoms with Gasteiger partial charge in [0.2, 0.25) is 5.91 Å². The van der Waals surface area contributed by atoms with Gasteiger partial charge >= 0.3 is 12.1 Å². The van der Waals surface area contributed by atoms with Crippen molar-refractivity contribution in [3.63, 3.8) is 0 Å². The second kappa shape index (κ2) is 8.63. The normalized spacial score (nSPS) is 15.7. The molecule has 0 heterocycles. The van der Waals surface area contributed by atoms with E-state index in [0.717, 1.165) is 22.3 Å². The lowest BCUT2D eigenvalue weighted by Gasteiger charge is -2.14. The number of hydrogen-bond donors (Lipinski definition) is 3. The molecule has 0 unspecified atom stereocenters. The Hall–Kier alpha value is -3.61. The van der Waals surface area contributed by atoms with E-state index in [-0.39, 0.29) is 31.4 Å². The van der Waals surface area contributed by atoms with Crippen LogP contribution in [0.2, 0.25) is 0 Å². The monoisotopic (exact) mass is 420 g/mol. The Morgan fingerprint density at radius 2 is 1.65 bits per heavy atom. The molecule has 2 aliphatic carbocycles. The molecule has 7 heteroatoms. The van der Waals surface area contributed by atoms with Gasteiger partial charge < -0.3 is 20.5 Å². The van der Waals surface area contributed by atoms with Crippen LogP contribution >= 0.6 is 0 Å². The number of alkyl carbamates (subject to hydrolysis) is 1. The summed E-state index contributed by atoms with van der Waals surface area (Å²) in [5.74, 6) is -1.31. The first-order valence-electron chi connectivity index (χ1n) is 10.3. The van der Waals surface area contributed by atoms with Crippen LogP contribution in [0.4, 0.5) is 4.79 Å². The summed E-state index contributed by atoms with van der Waals surface area (Å²) < 4.78 is 5.43. The van der Waals surface area contributed by atoms with Crippen molar-refractivity contribution < 1.29 is 24.2 Å². The lowest BCUT2D eigenvalue weighted by atomic mass is 9.98. The molecule has 0 saturated heterocycles. The van der Waals surface area contributed by atoms with Gasteiger partial charge in [0.05, 0.1) is 12.0 Å². The Bertz CT molecular complexity index is 996. The van der Waals surface area contributed by atoms with Crippen molar-refractivity contribution >= 4 is 18.0 Å². The predicted molar refractivity (Wildman–Crippen MR) is 115 cm³/mol. The minimum absolute atomic E-state index is 0.0107. The number of rotatable bonds is 8. The number of ether oxygens (including phenoxy) is 1. The fourth-order valence-electron chi connectivity index (χ4n) is 4.05. The molecule has 31 heavy (non-hydrogen) atoms. The molecule has 0 aliphatic heterocycles. The van der Waals surface area contributed by atoms with E-state index in [2.05, 4.69) is 34.9 Å². The van der Waals surface area contributed by atoms with Crippen LogP contribution in [0.5, 0.6) is 0 Å². The van der Waals surface area contributed by atoms with Crippen LogP contribution in [0.15, 0.2) is 60.7 Å². The zero-order valence-electron chi connectivity index (χ0n) is 17.0. The lowest BCUT2D eigenvalue weighted by molar-refractivity contribution is -0.137. The molecule has 0 radical (unpaired) electrons. The molecular weight excluding hydrogens is 396 g/mol. The third kappa shape index (κ3) is 4.77. The molecule has 1 fully saturated rings. The minimum atomic E-state index is -0.932. The first-order chi connectivity index (χ1) is 15.0. The quantitative estimate of drug-likeness (QED) is 0.569. The van der Waals surface area contributed by atoms with E-state index < -0.39 is 17.6 Å². The van der Waals surface area contributed by atoms with Crippen LogP contribution in [0, 0.1) is 0 Å². The summed E-state index contributed by atoms with van der Waals surface area (Å²) >= 11 is 0. The number of amides is 2. The van der Waals surface area contributed by atoms with E-state index in [1.165, 1.54) is 12.2 Å². The summed E-state index contributed by atoms with van der Waals surface area (Å²) in [4.78, 5) is 34.9. The molecule has 3 N–H and O–H groups in total. The Balaban J connectivity index is 1.24. The SMILES string of the molecule is O=C(O)CC1(NC(=O)/C=C/CNC(=O)OCC2c3ccccc3-c3ccccc32)CC1. The first-order valence-corrected chi connectivity index (χ1v) is 10.3. The van der Waals surface area contributed by atoms with Gasteiger partial charge in [-0.3, -0.25) is 9.59 Å². The van der Waals surface area contributed by atoms with Gasteiger partial charge in [0.15, 0.2) is 0 Å². The summed E-state index contributed by atoms with van der Waals surface area (Å²) in [5.41, 5.74) is 4.00. The van der Waals surface area contributed by atoms with Gasteiger partial charge in [-0.15, -0.1) is 0 Å². The highest BCUT2D eigenvalue weighted by atomic mass is 16.5. The summed E-state index contributed by atoms with van der Waals surface area (Å²) in [7, 11) is 0. The van der Waals surface area contributed by atoms with Crippen LogP contribution in [0.25, 0.3) is 11.1 Å². The van der Waals surface area contributed by atoms with Crippen LogP contribution in [-0.4, -0.2) is 41.8 Å². The highest BCUT2D eigenvalue weighted by Gasteiger charge is 2.45. The molecule has 1 saturated carbocycles. The van der Waals surface area contributed by atoms with Crippen molar-refractivity contribution in [1.29, 1.82) is 0 Å². The van der Waals surface area contributed by atoms with Crippen molar-refractivity contribution in [1.82, 2.24) is 10.6 Å². The zero-order chi connectivity index (χ0) is 21.8. The van der Waals surface area contributed by atoms with Crippen molar-refractivity contribution in [3.05, 3.63) is 71.8 Å². The van der Waals surface area contributed by atoms with E-state index >= 15 is 0 Å². The van der Waals surface area contributed by atoms with Crippen LogP contribution in [-0.2, 0) is 14.3 Å². The van der Waals surface area contributed by atoms with Crippen molar-refractivity contribution in [2.75, 3.05) is 13.2 Å². The highest BCUT2D eigenvalue weighted by molar-refractivity contribution is 5.89. The Labute approximate surface area is 180 Å². The molecule has 0 spiro atoms. The van der Waals surface area contributed by atoms with Gasteiger partial charge in [-0.25, -0.2) is 4.79 Å². The van der Waals surface area contributed by atoms with Crippen LogP contribution in [0.1, 0.15) is 36.3 Å². The Morgan fingerprint density at radius 3 is 2.23 bits per heavy atom. The first kappa shape index (κ1) is 20.7. The van der Waals surface area contributed by atoms with Crippen molar-refractivity contribution in [2.45, 2.75) is 30.7 Å². The van der Waals surface area contributed by atoms with Gasteiger partial charge in [0.25, 0.3) is 0 Å². The molecular formula is C24H24N2O5. The standard InChI is InChI=1S/C24H24N2O5/c27-21(26-24(11-12-24)14-22(28)29)10-5-13-25-23(30)31-15-20-18-8-3-1-6-16(18)17-7-2-4-9-19(17)20/h1-10,20H,11-15H2,(H,25,30)(H,26,27)(H,28,29)/b10-5+. The molecule has 0 bridgehead atoms. The van der Waals surface area contributed by atoms with Crippen LogP contribution in [0.3, 0.4) is 0 Å². The number of nitrogens with one attached hydrogen (secondary N) is 2. The summed E-state index contributed by atoms with van der Waals surface area (Å²) in [6, 6.07) is 16.2. The fourth-order valence-corrected chi connectivity index (χ4v) is 4.05. The maximum atomic E-state index is 12.1. The summed E-state index contributed by atoms with van der Waals surface area (Å²) in [6.45, 7) is 0.359. The van der Waals surface area contributed by atoms with Crippen molar-refractivity contribution in [3.8, 4) is 11.1 Å². The lowest BCUT2D eigenvalue weighted by Crippen LogP contribution is -2.37. The molecule has 0 atom stereocenters. The maximum absolute atomic E-state index is 12.1. The number of aliphatic carboxylic acids is 1. The van der Waals surface area contributed by atoms with E-state index in [1.807, 2.05) is 24.3 Å². The molecule has 2 aromatic rings. The number of hydrogen-bond acceptors (Lipinski definition) is 4. The molecule has 4 rings (SSSR count). The van der Waals surface area contributed by atoms with Crippen LogP contribution < -0.4 is 10.6 Å². The summed E-state index contributed by atoms with van der Waals surface area (Å²) in [6.07, 6.45) is 3.49. The zero-order valence-corrected chi connectivity index (χ0v) is 17.0. The van der Waals surface area contributed by atoms with Crippen molar-refractivity contribution in [2.24, 2.45) is 0 Å². The third-order valence-corrected chi connectivity index (χ3v) is 5.71. The number of fused-ring (bicyclic) bond motifs is 3. The maximum Gasteiger partial charge on any atom is 0.407 e. The molecule has 160 valence electrons. The largest absolute Gasteiger partial charge is 0.481 e. The smallest absolute Gasteiger partial charge is 0.407 e. The summed E-state index contributed by atoms with van der Waals surface area (Å²) in [5, 5.41) is 14.2. The number of carboxylic acids is 1. The number of carbonyl (C=O) groups excluding carboxylic acids is 2. The Kier molecular flexibility index (Phi) is 5.75. The predicted octanol–water partition coefficient (Wildman–Crippen LogP) is 3.20. The molecule has 2 aromatic carbocycles. The average Bonchev–Trinajstić information content (AvgIpc) is 3.41. The van der Waals surface area contributed by atoms with Gasteiger partial charge in [-0.05, 0) is 35.1 Å². The molecule has 7 nitrogen and oxygen atoms in total. The van der Waals surface area contributed by atoms with E-state index in [1.54, 1.807) is 0 Å². The number of carboxylic acid groups (broad SMARTS) is 1. The molecule has 0 aromatic heterocycles. The van der Waals surface area contributed by atoms with Gasteiger partial charge in [0, 0.05) is 18.5 Å². The van der Waals surface area contributed by atoms with Gasteiger partial charge in [-0.1, -0.05) is 54.6 Å². The highest BCUT2D eigenvalue weighted by Crippen LogP contribution is 2.44. The molecule has 2 aliphatic rings. The number of benzene rings is 2. The minimum Gasteiger partial charge on any atom is -0.481 e. The Morgan fingerprint density at radius 1 is 1.03 bits per heavy atom. The third-order valence-electron chi connectivity index (χ3n) is 5.71. The van der Waals surface area contributed by atoms with E-state index in [9.17, 15) is 14.4 Å². The van der Waals surface area contributed by atoms with Gasteiger partial charge in [0.1, 0.15) is 6.61 Å². The second-order valence-electron chi connectivity index (χ2n) is 7.95. The van der Waals surface area contributed by atoms with Gasteiger partial charge in [-0.2, -0.15) is 0 Å².